The van der Waals surface area contributed by atoms with Gasteiger partial charge in [0.05, 0.1) is 18.8 Å². The van der Waals surface area contributed by atoms with Crippen molar-refractivity contribution in [3.63, 3.8) is 0 Å². The molecular formula is C21H32BrN3O. The molecule has 0 aromatic heterocycles. The Kier molecular flexibility index (Phi) is 6.76. The molecular weight excluding hydrogens is 390 g/mol. The summed E-state index contributed by atoms with van der Waals surface area (Å²) in [5, 5.41) is 0. The number of nitrogens with zero attached hydrogens (tertiary/aromatic N) is 3. The highest BCUT2D eigenvalue weighted by Crippen LogP contribution is 2.38. The molecule has 0 unspecified atom stereocenters. The summed E-state index contributed by atoms with van der Waals surface area (Å²) < 4.78 is 6.45. The largest absolute Gasteiger partial charge is 0.383 e. The number of fused-ring (bicyclic) bond motifs is 1. The maximum Gasteiger partial charge on any atom is 0.0647 e. The molecule has 1 aromatic rings. The average Bonchev–Trinajstić information content (AvgIpc) is 3.11. The van der Waals surface area contributed by atoms with E-state index in [1.165, 1.54) is 52.5 Å². The minimum atomic E-state index is 0.623. The normalized spacial score (nSPS) is 22.1. The van der Waals surface area contributed by atoms with E-state index in [4.69, 9.17) is 4.74 Å². The number of halogens is 1. The lowest BCUT2D eigenvalue weighted by atomic mass is 9.88. The molecule has 0 amide bonds. The van der Waals surface area contributed by atoms with Gasteiger partial charge >= 0.3 is 0 Å². The minimum absolute atomic E-state index is 0.623. The quantitative estimate of drug-likeness (QED) is 0.652. The van der Waals surface area contributed by atoms with Crippen LogP contribution in [0.1, 0.15) is 49.3 Å². The smallest absolute Gasteiger partial charge is 0.0647 e. The van der Waals surface area contributed by atoms with Crippen LogP contribution in [-0.4, -0.2) is 57.1 Å². The molecule has 1 heterocycles. The van der Waals surface area contributed by atoms with Crippen LogP contribution in [0.25, 0.3) is 0 Å². The van der Waals surface area contributed by atoms with Crippen LogP contribution in [0.15, 0.2) is 15.5 Å². The zero-order valence-electron chi connectivity index (χ0n) is 16.6. The summed E-state index contributed by atoms with van der Waals surface area (Å²) >= 11 is 3.77. The Morgan fingerprint density at radius 1 is 1.23 bits per heavy atom. The van der Waals surface area contributed by atoms with Crippen molar-refractivity contribution in [2.24, 2.45) is 4.99 Å². The second-order valence-corrected chi connectivity index (χ2v) is 8.45. The first-order valence-corrected chi connectivity index (χ1v) is 10.6. The summed E-state index contributed by atoms with van der Waals surface area (Å²) in [5.74, 6) is 0. The van der Waals surface area contributed by atoms with Crippen LogP contribution < -0.4 is 4.90 Å². The topological polar surface area (TPSA) is 28.1 Å². The predicted octanol–water partition coefficient (Wildman–Crippen LogP) is 4.41. The van der Waals surface area contributed by atoms with Gasteiger partial charge in [0.1, 0.15) is 0 Å². The monoisotopic (exact) mass is 421 g/mol. The van der Waals surface area contributed by atoms with E-state index < -0.39 is 0 Å². The number of aliphatic imine (C=N–C) groups is 1. The molecule has 0 radical (unpaired) electrons. The molecule has 1 saturated carbocycles. The molecule has 3 rings (SSSR count). The van der Waals surface area contributed by atoms with Crippen LogP contribution in [-0.2, 0) is 11.3 Å². The molecule has 1 aliphatic heterocycles. The number of ether oxygens (including phenoxy) is 1. The van der Waals surface area contributed by atoms with Gasteiger partial charge < -0.3 is 14.5 Å². The van der Waals surface area contributed by atoms with Crippen molar-refractivity contribution in [2.45, 2.75) is 58.2 Å². The van der Waals surface area contributed by atoms with Gasteiger partial charge in [-0.1, -0.05) is 15.9 Å². The number of hydrogen-bond acceptors (Lipinski definition) is 4. The van der Waals surface area contributed by atoms with Gasteiger partial charge in [-0.05, 0) is 63.8 Å². The first-order valence-electron chi connectivity index (χ1n) is 9.84. The molecule has 0 bridgehead atoms. The highest BCUT2D eigenvalue weighted by atomic mass is 79.9. The van der Waals surface area contributed by atoms with Crippen LogP contribution in [0, 0.1) is 6.92 Å². The maximum atomic E-state index is 5.24. The molecule has 26 heavy (non-hydrogen) atoms. The Morgan fingerprint density at radius 2 is 1.92 bits per heavy atom. The van der Waals surface area contributed by atoms with Crippen LogP contribution >= 0.6 is 15.9 Å². The Bertz CT molecular complexity index is 653. The minimum Gasteiger partial charge on any atom is -0.383 e. The van der Waals surface area contributed by atoms with Gasteiger partial charge in [-0.15, -0.1) is 0 Å². The van der Waals surface area contributed by atoms with Crippen molar-refractivity contribution in [1.29, 1.82) is 0 Å². The summed E-state index contributed by atoms with van der Waals surface area (Å²) in [4.78, 5) is 9.65. The standard InChI is InChI=1S/C21H32BrN3O/c1-5-25(18-8-6-17(7-9-18)24(3)10-11-26-4)21-15(2)20(22)12-16-13-23-14-19(16)21/h12,14,17-18H,5-11,13H2,1-4H3. The van der Waals surface area contributed by atoms with E-state index in [0.29, 0.717) is 12.1 Å². The molecule has 1 aromatic carbocycles. The highest BCUT2D eigenvalue weighted by Gasteiger charge is 2.30. The number of anilines is 1. The van der Waals surface area contributed by atoms with Crippen LogP contribution in [0.4, 0.5) is 5.69 Å². The fraction of sp³-hybridized carbons (Fsp3) is 0.667. The summed E-state index contributed by atoms with van der Waals surface area (Å²) in [5.41, 5.74) is 5.43. The molecule has 5 heteroatoms. The molecule has 4 nitrogen and oxygen atoms in total. The summed E-state index contributed by atoms with van der Waals surface area (Å²) in [6.45, 7) is 8.23. The van der Waals surface area contributed by atoms with Crippen molar-refractivity contribution in [3.8, 4) is 0 Å². The van der Waals surface area contributed by atoms with E-state index in [1.54, 1.807) is 7.11 Å². The number of hydrogen-bond donors (Lipinski definition) is 0. The summed E-state index contributed by atoms with van der Waals surface area (Å²) in [7, 11) is 4.02. The van der Waals surface area contributed by atoms with Gasteiger partial charge in [-0.25, -0.2) is 0 Å². The highest BCUT2D eigenvalue weighted by molar-refractivity contribution is 9.10. The Hall–Kier alpha value is -0.910. The Morgan fingerprint density at radius 3 is 2.58 bits per heavy atom. The third kappa shape index (κ3) is 4.00. The summed E-state index contributed by atoms with van der Waals surface area (Å²) in [6, 6.07) is 3.56. The van der Waals surface area contributed by atoms with Gasteiger partial charge in [0.25, 0.3) is 0 Å². The SMILES string of the molecule is CCN(c1c(C)c(Br)cc2c1C=NC2)C1CCC(N(C)CCOC)CC1. The van der Waals surface area contributed by atoms with Gasteiger partial charge in [0, 0.05) is 48.5 Å². The fourth-order valence-electron chi connectivity index (χ4n) is 4.51. The van der Waals surface area contributed by atoms with Gasteiger partial charge in [0.15, 0.2) is 0 Å². The molecule has 144 valence electrons. The van der Waals surface area contributed by atoms with Crippen molar-refractivity contribution in [1.82, 2.24) is 4.90 Å². The second-order valence-electron chi connectivity index (χ2n) is 7.60. The summed E-state index contributed by atoms with van der Waals surface area (Å²) in [6.07, 6.45) is 7.13. The van der Waals surface area contributed by atoms with Crippen molar-refractivity contribution in [3.05, 3.63) is 27.2 Å². The van der Waals surface area contributed by atoms with Crippen LogP contribution in [0.5, 0.6) is 0 Å². The lowest BCUT2D eigenvalue weighted by molar-refractivity contribution is 0.119. The lowest BCUT2D eigenvalue weighted by Gasteiger charge is -2.41. The van der Waals surface area contributed by atoms with Crippen LogP contribution in [0.2, 0.25) is 0 Å². The predicted molar refractivity (Wildman–Crippen MR) is 114 cm³/mol. The number of rotatable bonds is 7. The zero-order chi connectivity index (χ0) is 18.7. The molecule has 0 spiro atoms. The Balaban J connectivity index is 1.75. The van der Waals surface area contributed by atoms with E-state index in [-0.39, 0.29) is 0 Å². The Labute approximate surface area is 166 Å². The molecule has 1 fully saturated rings. The van der Waals surface area contributed by atoms with Gasteiger partial charge in [-0.3, -0.25) is 4.99 Å². The van der Waals surface area contributed by atoms with Crippen molar-refractivity contribution in [2.75, 3.05) is 38.8 Å². The van der Waals surface area contributed by atoms with E-state index in [0.717, 1.165) is 26.2 Å². The van der Waals surface area contributed by atoms with E-state index in [9.17, 15) is 0 Å². The molecule has 0 N–H and O–H groups in total. The maximum absolute atomic E-state index is 5.24. The lowest BCUT2D eigenvalue weighted by Crippen LogP contribution is -2.44. The third-order valence-corrected chi connectivity index (χ3v) is 6.93. The fourth-order valence-corrected chi connectivity index (χ4v) is 4.98. The van der Waals surface area contributed by atoms with Gasteiger partial charge in [-0.2, -0.15) is 0 Å². The number of likely N-dealkylation sites (N-methyl/N-ethyl adjacent to an activating group) is 1. The van der Waals surface area contributed by atoms with Crippen molar-refractivity contribution >= 4 is 27.8 Å². The number of benzene rings is 1. The average molecular weight is 422 g/mol. The van der Waals surface area contributed by atoms with E-state index in [1.807, 2.05) is 0 Å². The van der Waals surface area contributed by atoms with Crippen LogP contribution in [0.3, 0.4) is 0 Å². The molecule has 0 atom stereocenters. The van der Waals surface area contributed by atoms with Crippen molar-refractivity contribution < 1.29 is 4.74 Å². The number of methoxy groups -OCH3 is 1. The van der Waals surface area contributed by atoms with E-state index in [2.05, 4.69) is 63.9 Å². The van der Waals surface area contributed by atoms with Gasteiger partial charge in [0.2, 0.25) is 0 Å². The molecule has 0 saturated heterocycles. The third-order valence-electron chi connectivity index (χ3n) is 6.10. The first kappa shape index (κ1) is 19.8. The molecule has 2 aliphatic rings. The zero-order valence-corrected chi connectivity index (χ0v) is 18.2. The first-order chi connectivity index (χ1) is 12.6. The second kappa shape index (κ2) is 8.85. The van der Waals surface area contributed by atoms with E-state index >= 15 is 0 Å². The molecule has 1 aliphatic carbocycles.